The van der Waals surface area contributed by atoms with Crippen LogP contribution in [0.25, 0.3) is 0 Å². The first kappa shape index (κ1) is 16.2. The molecule has 1 saturated heterocycles. The lowest BCUT2D eigenvalue weighted by Crippen LogP contribution is -2.55. The van der Waals surface area contributed by atoms with E-state index in [1.807, 2.05) is 20.8 Å². The van der Waals surface area contributed by atoms with Gasteiger partial charge in [0.15, 0.2) is 0 Å². The fourth-order valence-electron chi connectivity index (χ4n) is 2.40. The van der Waals surface area contributed by atoms with Crippen molar-refractivity contribution in [3.05, 3.63) is 18.5 Å². The van der Waals surface area contributed by atoms with E-state index >= 15 is 0 Å². The molecule has 6 nitrogen and oxygen atoms in total. The van der Waals surface area contributed by atoms with Crippen LogP contribution in [0, 0.1) is 0 Å². The summed E-state index contributed by atoms with van der Waals surface area (Å²) in [6, 6.07) is 1.70. The molecule has 21 heavy (non-hydrogen) atoms. The highest BCUT2D eigenvalue weighted by atomic mass is 32.2. The number of rotatable bonds is 5. The van der Waals surface area contributed by atoms with Crippen LogP contribution in [0.15, 0.2) is 23.4 Å². The summed E-state index contributed by atoms with van der Waals surface area (Å²) in [6.07, 6.45) is 3.94. The Morgan fingerprint density at radius 2 is 2.24 bits per heavy atom. The normalized spacial score (nSPS) is 19.4. The molecule has 1 aliphatic rings. The maximum Gasteiger partial charge on any atom is 0.247 e. The molecule has 118 valence electrons. The third-order valence-electron chi connectivity index (χ3n) is 3.49. The molecular formula is C14H23N3O3S. The molecule has 0 bridgehead atoms. The van der Waals surface area contributed by atoms with Gasteiger partial charge in [-0.05, 0) is 26.3 Å². The molecule has 1 fully saturated rings. The number of aromatic nitrogens is 1. The van der Waals surface area contributed by atoms with Crippen molar-refractivity contribution in [3.63, 3.8) is 0 Å². The van der Waals surface area contributed by atoms with Gasteiger partial charge in [-0.15, -0.1) is 0 Å². The number of sulfonamides is 1. The summed E-state index contributed by atoms with van der Waals surface area (Å²) in [4.78, 5) is 4.22. The Morgan fingerprint density at radius 1 is 1.48 bits per heavy atom. The molecule has 7 heteroatoms. The van der Waals surface area contributed by atoms with Crippen molar-refractivity contribution in [2.24, 2.45) is 0 Å². The first-order valence-corrected chi connectivity index (χ1v) is 8.62. The highest BCUT2D eigenvalue weighted by Gasteiger charge is 2.40. The number of hydrogen-bond acceptors (Lipinski definition) is 5. The van der Waals surface area contributed by atoms with E-state index in [9.17, 15) is 8.42 Å². The first-order valence-electron chi connectivity index (χ1n) is 7.18. The van der Waals surface area contributed by atoms with Crippen molar-refractivity contribution in [2.45, 2.75) is 37.6 Å². The topological polar surface area (TPSA) is 71.5 Å². The molecule has 0 aromatic carbocycles. The van der Waals surface area contributed by atoms with Crippen LogP contribution in [-0.4, -0.2) is 49.5 Å². The molecule has 0 radical (unpaired) electrons. The smallest absolute Gasteiger partial charge is 0.247 e. The van der Waals surface area contributed by atoms with E-state index in [2.05, 4.69) is 10.3 Å². The molecule has 1 aromatic heterocycles. The number of morpholine rings is 1. The van der Waals surface area contributed by atoms with E-state index in [1.165, 1.54) is 10.5 Å². The van der Waals surface area contributed by atoms with E-state index < -0.39 is 15.6 Å². The number of nitrogens with one attached hydrogen (secondary N) is 1. The van der Waals surface area contributed by atoms with Crippen LogP contribution >= 0.6 is 0 Å². The van der Waals surface area contributed by atoms with E-state index in [4.69, 9.17) is 4.74 Å². The lowest BCUT2D eigenvalue weighted by molar-refractivity contribution is -0.00769. The lowest BCUT2D eigenvalue weighted by Gasteiger charge is -2.40. The molecule has 1 N–H and O–H groups in total. The van der Waals surface area contributed by atoms with Gasteiger partial charge in [0.25, 0.3) is 0 Å². The van der Waals surface area contributed by atoms with Crippen LogP contribution in [0.5, 0.6) is 0 Å². The maximum absolute atomic E-state index is 13.0. The Labute approximate surface area is 126 Å². The molecule has 0 atom stereocenters. The SMILES string of the molecule is CCCNc1ccncc1S(=O)(=O)N1CCOCC1(C)C. The van der Waals surface area contributed by atoms with E-state index in [0.717, 1.165) is 13.0 Å². The molecule has 2 rings (SSSR count). The maximum atomic E-state index is 13.0. The molecule has 2 heterocycles. The fourth-order valence-corrected chi connectivity index (χ4v) is 4.27. The van der Waals surface area contributed by atoms with Crippen molar-refractivity contribution in [1.29, 1.82) is 0 Å². The van der Waals surface area contributed by atoms with Gasteiger partial charge >= 0.3 is 0 Å². The predicted molar refractivity (Wildman–Crippen MR) is 81.8 cm³/mol. The molecule has 1 aliphatic heterocycles. The number of anilines is 1. The summed E-state index contributed by atoms with van der Waals surface area (Å²) in [5.41, 5.74) is 0.0451. The summed E-state index contributed by atoms with van der Waals surface area (Å²) in [7, 11) is -3.60. The van der Waals surface area contributed by atoms with Crippen molar-refractivity contribution >= 4 is 15.7 Å². The minimum atomic E-state index is -3.60. The van der Waals surface area contributed by atoms with Crippen LogP contribution in [-0.2, 0) is 14.8 Å². The fraction of sp³-hybridized carbons (Fsp3) is 0.643. The van der Waals surface area contributed by atoms with Crippen molar-refractivity contribution in [3.8, 4) is 0 Å². The minimum absolute atomic E-state index is 0.230. The van der Waals surface area contributed by atoms with Gasteiger partial charge in [-0.25, -0.2) is 8.42 Å². The van der Waals surface area contributed by atoms with Crippen LogP contribution in [0.4, 0.5) is 5.69 Å². The lowest BCUT2D eigenvalue weighted by atomic mass is 10.1. The number of ether oxygens (including phenoxy) is 1. The van der Waals surface area contributed by atoms with E-state index in [-0.39, 0.29) is 4.90 Å². The van der Waals surface area contributed by atoms with E-state index in [1.54, 1.807) is 12.3 Å². The molecule has 0 spiro atoms. The zero-order valence-electron chi connectivity index (χ0n) is 12.8. The first-order chi connectivity index (χ1) is 9.89. The Bertz CT molecular complexity index is 587. The van der Waals surface area contributed by atoms with Crippen LogP contribution < -0.4 is 5.32 Å². The van der Waals surface area contributed by atoms with Crippen molar-refractivity contribution in [1.82, 2.24) is 9.29 Å². The Kier molecular flexibility index (Phi) is 4.85. The standard InChI is InChI=1S/C14H23N3O3S/c1-4-6-16-12-5-7-15-10-13(12)21(18,19)17-8-9-20-11-14(17,2)3/h5,7,10H,4,6,8-9,11H2,1-3H3,(H,15,16). The van der Waals surface area contributed by atoms with E-state index in [0.29, 0.717) is 25.4 Å². The summed E-state index contributed by atoms with van der Waals surface area (Å²) in [5.74, 6) is 0. The molecule has 0 amide bonds. The quantitative estimate of drug-likeness (QED) is 0.896. The minimum Gasteiger partial charge on any atom is -0.384 e. The highest BCUT2D eigenvalue weighted by molar-refractivity contribution is 7.89. The van der Waals surface area contributed by atoms with Gasteiger partial charge in [0.1, 0.15) is 4.90 Å². The van der Waals surface area contributed by atoms with Crippen LogP contribution in [0.1, 0.15) is 27.2 Å². The van der Waals surface area contributed by atoms with Crippen LogP contribution in [0.2, 0.25) is 0 Å². The second kappa shape index (κ2) is 6.29. The predicted octanol–water partition coefficient (Wildman–Crippen LogP) is 1.70. The van der Waals surface area contributed by atoms with Gasteiger partial charge in [-0.2, -0.15) is 4.31 Å². The number of hydrogen-bond donors (Lipinski definition) is 1. The van der Waals surface area contributed by atoms with Gasteiger partial charge in [-0.3, -0.25) is 4.98 Å². The van der Waals surface area contributed by atoms with Gasteiger partial charge < -0.3 is 10.1 Å². The molecule has 0 saturated carbocycles. The monoisotopic (exact) mass is 313 g/mol. The van der Waals surface area contributed by atoms with Gasteiger partial charge in [0.2, 0.25) is 10.0 Å². The summed E-state index contributed by atoms with van der Waals surface area (Å²) >= 11 is 0. The Morgan fingerprint density at radius 3 is 2.90 bits per heavy atom. The zero-order chi connectivity index (χ0) is 15.5. The summed E-state index contributed by atoms with van der Waals surface area (Å²) < 4.78 is 32.9. The highest BCUT2D eigenvalue weighted by Crippen LogP contribution is 2.30. The largest absolute Gasteiger partial charge is 0.384 e. The third kappa shape index (κ3) is 3.36. The second-order valence-electron chi connectivity index (χ2n) is 5.74. The third-order valence-corrected chi connectivity index (χ3v) is 5.63. The number of pyridine rings is 1. The molecular weight excluding hydrogens is 290 g/mol. The Hall–Kier alpha value is -1.18. The van der Waals surface area contributed by atoms with Crippen molar-refractivity contribution < 1.29 is 13.2 Å². The zero-order valence-corrected chi connectivity index (χ0v) is 13.6. The van der Waals surface area contributed by atoms with Gasteiger partial charge in [0, 0.05) is 25.5 Å². The van der Waals surface area contributed by atoms with Gasteiger partial charge in [0.05, 0.1) is 24.4 Å². The summed E-state index contributed by atoms with van der Waals surface area (Å²) in [5, 5.41) is 3.16. The molecule has 0 aliphatic carbocycles. The molecule has 1 aromatic rings. The van der Waals surface area contributed by atoms with Crippen molar-refractivity contribution in [2.75, 3.05) is 31.6 Å². The number of nitrogens with zero attached hydrogens (tertiary/aromatic N) is 2. The average molecular weight is 313 g/mol. The summed E-state index contributed by atoms with van der Waals surface area (Å²) in [6.45, 7) is 7.67. The second-order valence-corrected chi connectivity index (χ2v) is 7.57. The average Bonchev–Trinajstić information content (AvgIpc) is 2.44. The van der Waals surface area contributed by atoms with Gasteiger partial charge in [-0.1, -0.05) is 6.92 Å². The van der Waals surface area contributed by atoms with Crippen LogP contribution in [0.3, 0.4) is 0 Å². The Balaban J connectivity index is 2.39. The molecule has 0 unspecified atom stereocenters.